The van der Waals surface area contributed by atoms with Gasteiger partial charge in [0.05, 0.1) is 12.7 Å². The van der Waals surface area contributed by atoms with Crippen LogP contribution in [0.1, 0.15) is 36.3 Å². The number of ether oxygens (including phenoxy) is 1. The van der Waals surface area contributed by atoms with Crippen LogP contribution in [0.25, 0.3) is 11.1 Å². The lowest BCUT2D eigenvalue weighted by atomic mass is 10.1. The monoisotopic (exact) mass is 244 g/mol. The molecule has 0 radical (unpaired) electrons. The minimum absolute atomic E-state index is 0.143. The molecule has 0 spiro atoms. The summed E-state index contributed by atoms with van der Waals surface area (Å²) >= 11 is 0. The molecule has 1 aromatic heterocycles. The highest BCUT2D eigenvalue weighted by atomic mass is 16.5. The molecule has 1 unspecified atom stereocenters. The summed E-state index contributed by atoms with van der Waals surface area (Å²) in [6.07, 6.45) is 2.58. The number of hydrogen-bond acceptors (Lipinski definition) is 4. The van der Waals surface area contributed by atoms with Crippen molar-refractivity contribution in [2.75, 3.05) is 19.7 Å². The molecule has 4 heteroatoms. The third-order valence-corrected chi connectivity index (χ3v) is 3.65. The number of rotatable bonds is 2. The highest BCUT2D eigenvalue weighted by molar-refractivity contribution is 5.73. The number of morpholine rings is 1. The molecular formula is C14H16N2O2. The normalized spacial score (nSPS) is 24.6. The van der Waals surface area contributed by atoms with Gasteiger partial charge in [-0.1, -0.05) is 6.07 Å². The van der Waals surface area contributed by atoms with E-state index in [-0.39, 0.29) is 6.10 Å². The van der Waals surface area contributed by atoms with Crippen LogP contribution in [-0.4, -0.2) is 24.7 Å². The van der Waals surface area contributed by atoms with E-state index in [9.17, 15) is 0 Å². The average Bonchev–Trinajstić information content (AvgIpc) is 3.19. The van der Waals surface area contributed by atoms with Crippen molar-refractivity contribution in [1.82, 2.24) is 10.3 Å². The van der Waals surface area contributed by atoms with Gasteiger partial charge in [-0.3, -0.25) is 0 Å². The van der Waals surface area contributed by atoms with E-state index in [2.05, 4.69) is 22.4 Å². The Labute approximate surface area is 105 Å². The Morgan fingerprint density at radius 1 is 1.28 bits per heavy atom. The van der Waals surface area contributed by atoms with E-state index in [1.165, 1.54) is 18.4 Å². The summed E-state index contributed by atoms with van der Waals surface area (Å²) in [5, 5.41) is 3.35. The number of fused-ring (bicyclic) bond motifs is 1. The van der Waals surface area contributed by atoms with Gasteiger partial charge in [-0.25, -0.2) is 4.98 Å². The smallest absolute Gasteiger partial charge is 0.198 e. The van der Waals surface area contributed by atoms with Crippen LogP contribution in [-0.2, 0) is 4.74 Å². The van der Waals surface area contributed by atoms with Gasteiger partial charge in [-0.2, -0.15) is 0 Å². The molecule has 1 atom stereocenters. The minimum atomic E-state index is 0.143. The molecule has 2 fully saturated rings. The number of aromatic nitrogens is 1. The van der Waals surface area contributed by atoms with E-state index in [0.29, 0.717) is 5.92 Å². The SMILES string of the molecule is c1cc2oc(C3CC3)nc2cc1C1CNCCO1. The van der Waals surface area contributed by atoms with Crippen LogP contribution in [0.2, 0.25) is 0 Å². The first kappa shape index (κ1) is 10.5. The molecule has 1 N–H and O–H groups in total. The van der Waals surface area contributed by atoms with E-state index in [1.54, 1.807) is 0 Å². The highest BCUT2D eigenvalue weighted by Gasteiger charge is 2.29. The fraction of sp³-hybridized carbons (Fsp3) is 0.500. The minimum Gasteiger partial charge on any atom is -0.440 e. The molecule has 2 aliphatic rings. The van der Waals surface area contributed by atoms with Gasteiger partial charge in [-0.05, 0) is 30.5 Å². The molecule has 1 aliphatic carbocycles. The van der Waals surface area contributed by atoms with Crippen molar-refractivity contribution in [3.05, 3.63) is 29.7 Å². The first-order chi connectivity index (χ1) is 8.90. The summed E-state index contributed by atoms with van der Waals surface area (Å²) in [6.45, 7) is 2.59. The first-order valence-corrected chi connectivity index (χ1v) is 6.63. The predicted molar refractivity (Wildman–Crippen MR) is 67.5 cm³/mol. The number of nitrogens with one attached hydrogen (secondary N) is 1. The van der Waals surface area contributed by atoms with E-state index in [0.717, 1.165) is 36.7 Å². The maximum atomic E-state index is 5.77. The van der Waals surface area contributed by atoms with Gasteiger partial charge >= 0.3 is 0 Å². The van der Waals surface area contributed by atoms with Crippen LogP contribution in [0.5, 0.6) is 0 Å². The number of hydrogen-bond donors (Lipinski definition) is 1. The second-order valence-electron chi connectivity index (χ2n) is 5.12. The van der Waals surface area contributed by atoms with Gasteiger partial charge in [0.25, 0.3) is 0 Å². The molecule has 2 aromatic rings. The third kappa shape index (κ3) is 1.82. The van der Waals surface area contributed by atoms with E-state index in [1.807, 2.05) is 6.07 Å². The number of nitrogens with zero attached hydrogens (tertiary/aromatic N) is 1. The van der Waals surface area contributed by atoms with Crippen LogP contribution in [0.4, 0.5) is 0 Å². The van der Waals surface area contributed by atoms with Crippen LogP contribution < -0.4 is 5.32 Å². The molecule has 4 nitrogen and oxygen atoms in total. The van der Waals surface area contributed by atoms with Crippen LogP contribution in [0, 0.1) is 0 Å². The zero-order valence-corrected chi connectivity index (χ0v) is 10.2. The largest absolute Gasteiger partial charge is 0.440 e. The highest BCUT2D eigenvalue weighted by Crippen LogP contribution is 2.40. The van der Waals surface area contributed by atoms with Gasteiger partial charge in [0.15, 0.2) is 11.5 Å². The summed E-state index contributed by atoms with van der Waals surface area (Å²) in [6, 6.07) is 6.20. The molecule has 0 amide bonds. The lowest BCUT2D eigenvalue weighted by Gasteiger charge is -2.23. The van der Waals surface area contributed by atoms with Gasteiger partial charge in [0, 0.05) is 19.0 Å². The topological polar surface area (TPSA) is 47.3 Å². The lowest BCUT2D eigenvalue weighted by molar-refractivity contribution is 0.0278. The van der Waals surface area contributed by atoms with Crippen molar-refractivity contribution in [3.63, 3.8) is 0 Å². The fourth-order valence-electron chi connectivity index (χ4n) is 2.45. The molecule has 2 heterocycles. The molecule has 0 bridgehead atoms. The summed E-state index contributed by atoms with van der Waals surface area (Å²) in [4.78, 5) is 4.59. The van der Waals surface area contributed by atoms with Crippen LogP contribution >= 0.6 is 0 Å². The molecular weight excluding hydrogens is 228 g/mol. The molecule has 18 heavy (non-hydrogen) atoms. The summed E-state index contributed by atoms with van der Waals surface area (Å²) < 4.78 is 11.5. The molecule has 1 aliphatic heterocycles. The molecule has 94 valence electrons. The molecule has 4 rings (SSSR count). The van der Waals surface area contributed by atoms with Gasteiger partial charge < -0.3 is 14.5 Å². The Balaban J connectivity index is 1.69. The summed E-state index contributed by atoms with van der Waals surface area (Å²) in [5.41, 5.74) is 3.04. The van der Waals surface area contributed by atoms with Crippen molar-refractivity contribution in [1.29, 1.82) is 0 Å². The molecule has 1 saturated heterocycles. The Bertz CT molecular complexity index is 568. The number of oxazole rings is 1. The Kier molecular flexibility index (Phi) is 2.38. The van der Waals surface area contributed by atoms with E-state index < -0.39 is 0 Å². The molecule has 1 saturated carbocycles. The Hall–Kier alpha value is -1.39. The second kappa shape index (κ2) is 4.07. The third-order valence-electron chi connectivity index (χ3n) is 3.65. The standard InChI is InChI=1S/C14H16N2O2/c1-2-9(1)14-16-11-7-10(3-4-12(11)18-14)13-8-15-5-6-17-13/h3-4,7,9,13,15H,1-2,5-6,8H2. The van der Waals surface area contributed by atoms with Crippen molar-refractivity contribution in [2.45, 2.75) is 24.9 Å². The van der Waals surface area contributed by atoms with Gasteiger partial charge in [0.1, 0.15) is 5.52 Å². The second-order valence-corrected chi connectivity index (χ2v) is 5.12. The Morgan fingerprint density at radius 3 is 3.00 bits per heavy atom. The zero-order chi connectivity index (χ0) is 11.9. The van der Waals surface area contributed by atoms with Crippen molar-refractivity contribution in [3.8, 4) is 0 Å². The fourth-order valence-corrected chi connectivity index (χ4v) is 2.45. The van der Waals surface area contributed by atoms with Gasteiger partial charge in [-0.15, -0.1) is 0 Å². The number of benzene rings is 1. The maximum absolute atomic E-state index is 5.77. The van der Waals surface area contributed by atoms with Crippen LogP contribution in [0.3, 0.4) is 0 Å². The zero-order valence-electron chi connectivity index (χ0n) is 10.2. The van der Waals surface area contributed by atoms with Crippen molar-refractivity contribution >= 4 is 11.1 Å². The maximum Gasteiger partial charge on any atom is 0.198 e. The van der Waals surface area contributed by atoms with Crippen molar-refractivity contribution < 1.29 is 9.15 Å². The average molecular weight is 244 g/mol. The predicted octanol–water partition coefficient (Wildman–Crippen LogP) is 2.37. The summed E-state index contributed by atoms with van der Waals surface area (Å²) in [5.74, 6) is 1.47. The molecule has 1 aromatic carbocycles. The summed E-state index contributed by atoms with van der Waals surface area (Å²) in [7, 11) is 0. The first-order valence-electron chi connectivity index (χ1n) is 6.63. The van der Waals surface area contributed by atoms with Crippen molar-refractivity contribution in [2.24, 2.45) is 0 Å². The van der Waals surface area contributed by atoms with E-state index >= 15 is 0 Å². The van der Waals surface area contributed by atoms with E-state index in [4.69, 9.17) is 9.15 Å². The lowest BCUT2D eigenvalue weighted by Crippen LogP contribution is -2.33. The van der Waals surface area contributed by atoms with Gasteiger partial charge in [0.2, 0.25) is 0 Å². The van der Waals surface area contributed by atoms with Crippen LogP contribution in [0.15, 0.2) is 22.6 Å². The Morgan fingerprint density at radius 2 is 2.22 bits per heavy atom. The quantitative estimate of drug-likeness (QED) is 0.881.